The smallest absolute Gasteiger partial charge is 0.295 e. The van der Waals surface area contributed by atoms with E-state index in [1.54, 1.807) is 12.1 Å². The Labute approximate surface area is 183 Å². The van der Waals surface area contributed by atoms with Crippen LogP contribution < -0.4 is 0 Å². The summed E-state index contributed by atoms with van der Waals surface area (Å²) in [5.74, 6) is -1.83. The zero-order valence-corrected chi connectivity index (χ0v) is 18.8. The van der Waals surface area contributed by atoms with E-state index in [1.165, 1.54) is 4.90 Å². The highest BCUT2D eigenvalue weighted by atomic mass is 16.3. The van der Waals surface area contributed by atoms with Gasteiger partial charge in [0, 0.05) is 6.54 Å². The summed E-state index contributed by atoms with van der Waals surface area (Å²) in [7, 11) is 3.90. The second kappa shape index (κ2) is 8.94. The predicted molar refractivity (Wildman–Crippen MR) is 121 cm³/mol. The molecule has 0 aromatic heterocycles. The molecular weight excluding hydrogens is 392 g/mol. The first-order chi connectivity index (χ1) is 14.6. The third kappa shape index (κ3) is 4.49. The van der Waals surface area contributed by atoms with Crippen LogP contribution in [0.25, 0.3) is 5.76 Å². The quantitative estimate of drug-likeness (QED) is 0.422. The van der Waals surface area contributed by atoms with Crippen LogP contribution in [-0.2, 0) is 9.59 Å². The van der Waals surface area contributed by atoms with Crippen molar-refractivity contribution in [3.8, 4) is 5.75 Å². The summed E-state index contributed by atoms with van der Waals surface area (Å²) in [5.41, 5.74) is 3.71. The Bertz CT molecular complexity index is 1040. The molecule has 0 spiro atoms. The first-order valence-electron chi connectivity index (χ1n) is 10.4. The number of phenols is 1. The highest BCUT2D eigenvalue weighted by molar-refractivity contribution is 6.46. The van der Waals surface area contributed by atoms with Gasteiger partial charge in [-0.3, -0.25) is 9.59 Å². The second-order valence-electron chi connectivity index (χ2n) is 8.51. The number of nitrogens with zero attached hydrogens (tertiary/aromatic N) is 2. The number of likely N-dealkylation sites (tertiary alicyclic amines) is 1. The molecule has 1 atom stereocenters. The van der Waals surface area contributed by atoms with Crippen molar-refractivity contribution in [3.63, 3.8) is 0 Å². The van der Waals surface area contributed by atoms with E-state index in [0.29, 0.717) is 13.0 Å². The van der Waals surface area contributed by atoms with E-state index < -0.39 is 17.7 Å². The number of ketones is 1. The number of Topliss-reactive ketones (excluding diaryl/α,β-unsaturated/α-hetero) is 1. The number of aliphatic hydroxyl groups excluding tert-OH is 1. The number of hydrogen-bond acceptors (Lipinski definition) is 5. The second-order valence-corrected chi connectivity index (χ2v) is 8.51. The molecule has 164 valence electrons. The summed E-state index contributed by atoms with van der Waals surface area (Å²) in [5, 5.41) is 21.6. The maximum atomic E-state index is 13.0. The van der Waals surface area contributed by atoms with Crippen molar-refractivity contribution in [2.24, 2.45) is 0 Å². The van der Waals surface area contributed by atoms with Crippen LogP contribution in [0.4, 0.5) is 0 Å². The van der Waals surface area contributed by atoms with Crippen molar-refractivity contribution >= 4 is 17.4 Å². The fourth-order valence-electron chi connectivity index (χ4n) is 3.90. The number of benzene rings is 2. The van der Waals surface area contributed by atoms with Crippen molar-refractivity contribution < 1.29 is 19.8 Å². The van der Waals surface area contributed by atoms with Gasteiger partial charge in [0.2, 0.25) is 0 Å². The van der Waals surface area contributed by atoms with Crippen molar-refractivity contribution in [2.75, 3.05) is 27.2 Å². The van der Waals surface area contributed by atoms with E-state index in [1.807, 2.05) is 64.0 Å². The van der Waals surface area contributed by atoms with Crippen LogP contribution in [0.1, 0.15) is 40.3 Å². The fourth-order valence-corrected chi connectivity index (χ4v) is 3.90. The van der Waals surface area contributed by atoms with E-state index >= 15 is 0 Å². The minimum absolute atomic E-state index is 0.0114. The SMILES string of the molecule is Cc1ccc(C2C(=C(O)c3cc(C)c(C)cc3O)C(=O)C(=O)N2CCCN(C)C)cc1. The van der Waals surface area contributed by atoms with Crippen molar-refractivity contribution in [3.05, 3.63) is 69.8 Å². The minimum Gasteiger partial charge on any atom is -0.507 e. The maximum Gasteiger partial charge on any atom is 0.295 e. The standard InChI is InChI=1S/C25H30N2O4/c1-15-7-9-18(10-8-15)22-21(23(29)19-13-16(2)17(3)14-20(19)28)24(30)25(31)27(22)12-6-11-26(4)5/h7-10,13-14,22,28-29H,6,11-12H2,1-5H3. The molecule has 6 nitrogen and oxygen atoms in total. The van der Waals surface area contributed by atoms with Gasteiger partial charge in [-0.2, -0.15) is 0 Å². The first-order valence-corrected chi connectivity index (χ1v) is 10.4. The molecule has 2 aromatic carbocycles. The topological polar surface area (TPSA) is 81.1 Å². The van der Waals surface area contributed by atoms with Gasteiger partial charge in [0.05, 0.1) is 17.2 Å². The van der Waals surface area contributed by atoms with E-state index in [2.05, 4.69) is 0 Å². The zero-order valence-electron chi connectivity index (χ0n) is 18.8. The third-order valence-electron chi connectivity index (χ3n) is 5.80. The summed E-state index contributed by atoms with van der Waals surface area (Å²) in [6.07, 6.45) is 0.692. The van der Waals surface area contributed by atoms with Crippen LogP contribution in [-0.4, -0.2) is 58.9 Å². The zero-order chi connectivity index (χ0) is 22.9. The Morgan fingerprint density at radius 3 is 2.26 bits per heavy atom. The number of carbonyl (C=O) groups excluding carboxylic acids is 2. The molecule has 1 unspecified atom stereocenters. The van der Waals surface area contributed by atoms with Gasteiger partial charge < -0.3 is 20.0 Å². The van der Waals surface area contributed by atoms with Gasteiger partial charge in [-0.05, 0) is 76.7 Å². The lowest BCUT2D eigenvalue weighted by Gasteiger charge is -2.26. The molecule has 0 radical (unpaired) electrons. The van der Waals surface area contributed by atoms with Crippen LogP contribution in [0, 0.1) is 20.8 Å². The Hall–Kier alpha value is -3.12. The Balaban J connectivity index is 2.15. The molecule has 1 saturated heterocycles. The van der Waals surface area contributed by atoms with Crippen LogP contribution in [0.2, 0.25) is 0 Å². The molecule has 2 aromatic rings. The number of rotatable bonds is 6. The molecule has 3 rings (SSSR count). The molecule has 0 saturated carbocycles. The van der Waals surface area contributed by atoms with Gasteiger partial charge in [-0.1, -0.05) is 29.8 Å². The number of aliphatic hydroxyl groups is 1. The lowest BCUT2D eigenvalue weighted by atomic mass is 9.93. The Morgan fingerprint density at radius 1 is 1.03 bits per heavy atom. The van der Waals surface area contributed by atoms with Gasteiger partial charge in [-0.15, -0.1) is 0 Å². The molecule has 31 heavy (non-hydrogen) atoms. The molecule has 0 bridgehead atoms. The average Bonchev–Trinajstić information content (AvgIpc) is 2.95. The Kier molecular flexibility index (Phi) is 6.51. The van der Waals surface area contributed by atoms with E-state index in [4.69, 9.17) is 0 Å². The predicted octanol–water partition coefficient (Wildman–Crippen LogP) is 3.69. The minimum atomic E-state index is -0.731. The highest BCUT2D eigenvalue weighted by Gasteiger charge is 2.46. The van der Waals surface area contributed by atoms with Crippen molar-refractivity contribution in [2.45, 2.75) is 33.2 Å². The van der Waals surface area contributed by atoms with E-state index in [9.17, 15) is 19.8 Å². The summed E-state index contributed by atoms with van der Waals surface area (Å²) >= 11 is 0. The molecule has 1 aliphatic rings. The normalized spacial score (nSPS) is 18.3. The van der Waals surface area contributed by atoms with Crippen LogP contribution in [0.15, 0.2) is 42.0 Å². The van der Waals surface area contributed by atoms with Gasteiger partial charge in [0.1, 0.15) is 11.5 Å². The number of aryl methyl sites for hydroxylation is 3. The number of hydrogen-bond donors (Lipinski definition) is 2. The molecule has 1 aliphatic heterocycles. The molecule has 1 amide bonds. The van der Waals surface area contributed by atoms with Gasteiger partial charge in [0.15, 0.2) is 0 Å². The number of phenolic OH excluding ortho intramolecular Hbond substituents is 1. The molecular formula is C25H30N2O4. The van der Waals surface area contributed by atoms with Gasteiger partial charge in [-0.25, -0.2) is 0 Å². The van der Waals surface area contributed by atoms with Crippen LogP contribution in [0.5, 0.6) is 5.75 Å². The van der Waals surface area contributed by atoms with Crippen molar-refractivity contribution in [1.82, 2.24) is 9.80 Å². The lowest BCUT2D eigenvalue weighted by Crippen LogP contribution is -2.32. The third-order valence-corrected chi connectivity index (χ3v) is 5.80. The molecule has 6 heteroatoms. The van der Waals surface area contributed by atoms with E-state index in [-0.39, 0.29) is 22.6 Å². The molecule has 2 N–H and O–H groups in total. The van der Waals surface area contributed by atoms with E-state index in [0.717, 1.165) is 28.8 Å². The van der Waals surface area contributed by atoms with Gasteiger partial charge in [0.25, 0.3) is 11.7 Å². The summed E-state index contributed by atoms with van der Waals surface area (Å²) in [6, 6.07) is 10.1. The number of aromatic hydroxyl groups is 1. The van der Waals surface area contributed by atoms with Crippen LogP contribution >= 0.6 is 0 Å². The summed E-state index contributed by atoms with van der Waals surface area (Å²) < 4.78 is 0. The van der Waals surface area contributed by atoms with Gasteiger partial charge >= 0.3 is 0 Å². The number of carbonyl (C=O) groups is 2. The molecule has 1 fully saturated rings. The largest absolute Gasteiger partial charge is 0.507 e. The van der Waals surface area contributed by atoms with Crippen molar-refractivity contribution in [1.29, 1.82) is 0 Å². The maximum absolute atomic E-state index is 13.0. The first kappa shape index (κ1) is 22.6. The fraction of sp³-hybridized carbons (Fsp3) is 0.360. The highest BCUT2D eigenvalue weighted by Crippen LogP contribution is 2.41. The summed E-state index contributed by atoms with van der Waals surface area (Å²) in [6.45, 7) is 6.83. The molecule has 1 heterocycles. The summed E-state index contributed by atoms with van der Waals surface area (Å²) in [4.78, 5) is 29.5. The monoisotopic (exact) mass is 422 g/mol. The lowest BCUT2D eigenvalue weighted by molar-refractivity contribution is -0.139. The number of amides is 1. The molecule has 0 aliphatic carbocycles. The Morgan fingerprint density at radius 2 is 1.65 bits per heavy atom. The average molecular weight is 423 g/mol. The van der Waals surface area contributed by atoms with Crippen LogP contribution in [0.3, 0.4) is 0 Å².